The molecule has 0 fully saturated rings. The van der Waals surface area contributed by atoms with E-state index in [1.807, 2.05) is 43.5 Å². The third kappa shape index (κ3) is 4.13. The number of aromatic nitrogens is 2. The first kappa shape index (κ1) is 21.7. The number of ether oxygens (including phenoxy) is 3. The van der Waals surface area contributed by atoms with Gasteiger partial charge in [0, 0.05) is 29.1 Å². The molecule has 0 unspecified atom stereocenters. The molecule has 0 amide bonds. The van der Waals surface area contributed by atoms with Crippen LogP contribution in [0.4, 0.5) is 5.82 Å². The molecule has 4 rings (SSSR count). The Hall–Kier alpha value is -3.54. The average molecular weight is 432 g/mol. The van der Waals surface area contributed by atoms with Crippen molar-refractivity contribution in [3.05, 3.63) is 59.4 Å². The van der Waals surface area contributed by atoms with Gasteiger partial charge in [0.25, 0.3) is 0 Å². The van der Waals surface area contributed by atoms with Crippen LogP contribution in [0.1, 0.15) is 37.1 Å². The zero-order chi connectivity index (χ0) is 22.7. The number of nitrogen functional groups attached to an aromatic ring is 1. The largest absolute Gasteiger partial charge is 0.494 e. The lowest BCUT2D eigenvalue weighted by Gasteiger charge is -2.15. The molecule has 0 spiro atoms. The van der Waals surface area contributed by atoms with Crippen molar-refractivity contribution in [1.29, 1.82) is 0 Å². The van der Waals surface area contributed by atoms with Crippen molar-refractivity contribution in [2.75, 3.05) is 26.6 Å². The summed E-state index contributed by atoms with van der Waals surface area (Å²) >= 11 is 0. The molecule has 0 radical (unpaired) electrons. The lowest BCUT2D eigenvalue weighted by atomic mass is 9.97. The highest BCUT2D eigenvalue weighted by molar-refractivity contribution is 5.91. The van der Waals surface area contributed by atoms with E-state index in [4.69, 9.17) is 24.9 Å². The van der Waals surface area contributed by atoms with E-state index in [-0.39, 0.29) is 0 Å². The van der Waals surface area contributed by atoms with Crippen LogP contribution in [0, 0.1) is 0 Å². The summed E-state index contributed by atoms with van der Waals surface area (Å²) in [6.45, 7) is 4.74. The number of nitrogens with two attached hydrogens (primary N) is 1. The van der Waals surface area contributed by atoms with Crippen LogP contribution < -0.4 is 19.9 Å². The molecule has 2 N–H and O–H groups in total. The highest BCUT2D eigenvalue weighted by atomic mass is 16.5. The van der Waals surface area contributed by atoms with Gasteiger partial charge in [-0.05, 0) is 66.3 Å². The summed E-state index contributed by atoms with van der Waals surface area (Å²) in [7, 11) is 3.30. The van der Waals surface area contributed by atoms with Gasteiger partial charge >= 0.3 is 0 Å². The summed E-state index contributed by atoms with van der Waals surface area (Å²) in [5.74, 6) is 2.74. The number of pyridine rings is 2. The van der Waals surface area contributed by atoms with Gasteiger partial charge in [0.1, 0.15) is 11.6 Å². The standard InChI is InChI=1S/C26H29N3O3/c1-5-7-23-21-14-25(31-4)24(30-3)13-20(21)18(15-28-23)11-17-10-16-12-19(32-6-2)8-9-22(16)29-26(17)27/h8-10,12-15H,5-7,11H2,1-4H3,(H2,27,29). The third-order valence-electron chi connectivity index (χ3n) is 5.63. The molecule has 6 heteroatoms. The molecule has 0 atom stereocenters. The average Bonchev–Trinajstić information content (AvgIpc) is 2.80. The van der Waals surface area contributed by atoms with Gasteiger partial charge < -0.3 is 19.9 Å². The summed E-state index contributed by atoms with van der Waals surface area (Å²) in [5, 5.41) is 3.16. The fourth-order valence-electron chi connectivity index (χ4n) is 4.07. The fourth-order valence-corrected chi connectivity index (χ4v) is 4.07. The number of hydrogen-bond acceptors (Lipinski definition) is 6. The monoisotopic (exact) mass is 431 g/mol. The third-order valence-corrected chi connectivity index (χ3v) is 5.63. The number of aryl methyl sites for hydroxylation is 1. The second-order valence-electron chi connectivity index (χ2n) is 7.73. The summed E-state index contributed by atoms with van der Waals surface area (Å²) < 4.78 is 16.8. The Balaban J connectivity index is 1.83. The van der Waals surface area contributed by atoms with Crippen LogP contribution in [0.5, 0.6) is 17.2 Å². The Morgan fingerprint density at radius 2 is 1.66 bits per heavy atom. The van der Waals surface area contributed by atoms with Crippen molar-refractivity contribution in [3.63, 3.8) is 0 Å². The summed E-state index contributed by atoms with van der Waals surface area (Å²) in [5.41, 5.74) is 10.3. The quantitative estimate of drug-likeness (QED) is 0.406. The SMILES string of the molecule is CCCc1ncc(Cc2cc3cc(OCC)ccc3nc2N)c2cc(OC)c(OC)cc12. The van der Waals surface area contributed by atoms with Crippen molar-refractivity contribution in [1.82, 2.24) is 9.97 Å². The van der Waals surface area contributed by atoms with E-state index in [2.05, 4.69) is 18.0 Å². The van der Waals surface area contributed by atoms with E-state index in [0.29, 0.717) is 30.3 Å². The lowest BCUT2D eigenvalue weighted by molar-refractivity contribution is 0.340. The van der Waals surface area contributed by atoms with Gasteiger partial charge in [-0.2, -0.15) is 0 Å². The van der Waals surface area contributed by atoms with Gasteiger partial charge in [-0.15, -0.1) is 0 Å². The maximum absolute atomic E-state index is 6.35. The van der Waals surface area contributed by atoms with Crippen molar-refractivity contribution in [2.24, 2.45) is 0 Å². The normalized spacial score (nSPS) is 11.1. The van der Waals surface area contributed by atoms with Crippen molar-refractivity contribution >= 4 is 27.5 Å². The molecule has 0 saturated carbocycles. The van der Waals surface area contributed by atoms with Crippen LogP contribution in [0.3, 0.4) is 0 Å². The van der Waals surface area contributed by atoms with E-state index >= 15 is 0 Å². The maximum atomic E-state index is 6.35. The zero-order valence-electron chi connectivity index (χ0n) is 19.1. The topological polar surface area (TPSA) is 79.5 Å². The first-order chi connectivity index (χ1) is 15.6. The molecule has 0 saturated heterocycles. The summed E-state index contributed by atoms with van der Waals surface area (Å²) in [4.78, 5) is 9.39. The molecule has 6 nitrogen and oxygen atoms in total. The highest BCUT2D eigenvalue weighted by Gasteiger charge is 2.15. The lowest BCUT2D eigenvalue weighted by Crippen LogP contribution is -2.03. The van der Waals surface area contributed by atoms with E-state index < -0.39 is 0 Å². The molecule has 4 aromatic rings. The van der Waals surface area contributed by atoms with E-state index in [9.17, 15) is 0 Å². The van der Waals surface area contributed by atoms with Gasteiger partial charge in [0.15, 0.2) is 11.5 Å². The number of fused-ring (bicyclic) bond motifs is 2. The molecule has 32 heavy (non-hydrogen) atoms. The first-order valence-electron chi connectivity index (χ1n) is 10.9. The molecule has 2 aromatic carbocycles. The molecule has 2 aromatic heterocycles. The summed E-state index contributed by atoms with van der Waals surface area (Å²) in [6, 6.07) is 12.0. The smallest absolute Gasteiger partial charge is 0.161 e. The van der Waals surface area contributed by atoms with Gasteiger partial charge in [-0.3, -0.25) is 4.98 Å². The number of anilines is 1. The second-order valence-corrected chi connectivity index (χ2v) is 7.73. The number of hydrogen-bond donors (Lipinski definition) is 1. The van der Waals surface area contributed by atoms with Gasteiger partial charge in [0.2, 0.25) is 0 Å². The molecule has 2 heterocycles. The van der Waals surface area contributed by atoms with Gasteiger partial charge in [-0.1, -0.05) is 13.3 Å². The van der Waals surface area contributed by atoms with E-state index in [1.165, 1.54) is 0 Å². The van der Waals surface area contributed by atoms with Crippen LogP contribution in [0.2, 0.25) is 0 Å². The van der Waals surface area contributed by atoms with Crippen LogP contribution in [-0.2, 0) is 12.8 Å². The van der Waals surface area contributed by atoms with Gasteiger partial charge in [-0.25, -0.2) is 4.98 Å². The predicted molar refractivity (Wildman–Crippen MR) is 129 cm³/mol. The Morgan fingerprint density at radius 1 is 0.906 bits per heavy atom. The Labute approximate surface area is 188 Å². The minimum atomic E-state index is 0.521. The van der Waals surface area contributed by atoms with Crippen LogP contribution in [0.25, 0.3) is 21.7 Å². The minimum Gasteiger partial charge on any atom is -0.494 e. The second kappa shape index (κ2) is 9.30. The summed E-state index contributed by atoms with van der Waals surface area (Å²) in [6.07, 6.45) is 4.46. The van der Waals surface area contributed by atoms with Crippen LogP contribution >= 0.6 is 0 Å². The minimum absolute atomic E-state index is 0.521. The molecule has 0 aliphatic heterocycles. The molecular weight excluding hydrogens is 402 g/mol. The highest BCUT2D eigenvalue weighted by Crippen LogP contribution is 2.36. The number of rotatable bonds is 8. The molecule has 166 valence electrons. The number of methoxy groups -OCH3 is 2. The zero-order valence-corrected chi connectivity index (χ0v) is 19.1. The van der Waals surface area contributed by atoms with Gasteiger partial charge in [0.05, 0.1) is 26.3 Å². The fraction of sp³-hybridized carbons (Fsp3) is 0.308. The Kier molecular flexibility index (Phi) is 6.30. The van der Waals surface area contributed by atoms with E-state index in [0.717, 1.165) is 57.1 Å². The Bertz CT molecular complexity index is 1270. The Morgan fingerprint density at radius 3 is 2.34 bits per heavy atom. The first-order valence-corrected chi connectivity index (χ1v) is 10.9. The van der Waals surface area contributed by atoms with Crippen molar-refractivity contribution in [2.45, 2.75) is 33.1 Å². The van der Waals surface area contributed by atoms with Crippen LogP contribution in [-0.4, -0.2) is 30.8 Å². The predicted octanol–water partition coefficient (Wildman–Crippen LogP) is 5.32. The van der Waals surface area contributed by atoms with Crippen molar-refractivity contribution in [3.8, 4) is 17.2 Å². The maximum Gasteiger partial charge on any atom is 0.161 e. The van der Waals surface area contributed by atoms with Crippen LogP contribution in [0.15, 0.2) is 42.6 Å². The molecule has 0 aliphatic carbocycles. The molecular formula is C26H29N3O3. The number of benzene rings is 2. The molecule has 0 aliphatic rings. The van der Waals surface area contributed by atoms with Crippen molar-refractivity contribution < 1.29 is 14.2 Å². The van der Waals surface area contributed by atoms with E-state index in [1.54, 1.807) is 14.2 Å². The number of nitrogens with zero attached hydrogens (tertiary/aromatic N) is 2. The molecule has 0 bridgehead atoms.